The highest BCUT2D eigenvalue weighted by molar-refractivity contribution is 5.97. The van der Waals surface area contributed by atoms with Crippen molar-refractivity contribution in [2.75, 3.05) is 32.9 Å². The Bertz CT molecular complexity index is 525. The van der Waals surface area contributed by atoms with Crippen molar-refractivity contribution >= 4 is 5.91 Å². The summed E-state index contributed by atoms with van der Waals surface area (Å²) in [4.78, 5) is 13.9. The molecule has 0 heterocycles. The fraction of sp³-hybridized carbons (Fsp3) is 0.438. The van der Waals surface area contributed by atoms with Crippen molar-refractivity contribution in [3.05, 3.63) is 34.9 Å². The van der Waals surface area contributed by atoms with E-state index < -0.39 is 0 Å². The Morgan fingerprint density at radius 1 is 1.14 bits per heavy atom. The molecule has 0 spiro atoms. The number of aliphatic hydroxyl groups is 3. The molecule has 1 rings (SSSR count). The Morgan fingerprint density at radius 2 is 1.81 bits per heavy atom. The van der Waals surface area contributed by atoms with Crippen LogP contribution in [0.4, 0.5) is 0 Å². The van der Waals surface area contributed by atoms with Gasteiger partial charge in [0.05, 0.1) is 25.4 Å². The number of rotatable bonds is 6. The smallest absolute Gasteiger partial charge is 0.255 e. The number of benzene rings is 1. The minimum Gasteiger partial charge on any atom is -0.395 e. The van der Waals surface area contributed by atoms with E-state index in [0.717, 1.165) is 5.56 Å². The molecule has 21 heavy (non-hydrogen) atoms. The average Bonchev–Trinajstić information content (AvgIpc) is 2.48. The summed E-state index contributed by atoms with van der Waals surface area (Å²) in [7, 11) is 0. The van der Waals surface area contributed by atoms with Crippen LogP contribution in [0.3, 0.4) is 0 Å². The third-order valence-corrected chi connectivity index (χ3v) is 2.89. The molecule has 0 fully saturated rings. The standard InChI is InChI=1S/C16H21NO4/c1-13-5-6-14(4-2-3-9-18)15(12-13)16(21)17(7-10-19)8-11-20/h5-6,12,18-20H,3,7-11H2,1H3. The molecule has 0 atom stereocenters. The molecule has 0 saturated heterocycles. The first-order valence-electron chi connectivity index (χ1n) is 6.85. The highest BCUT2D eigenvalue weighted by Crippen LogP contribution is 2.14. The van der Waals surface area contributed by atoms with Gasteiger partial charge < -0.3 is 20.2 Å². The molecule has 0 saturated carbocycles. The minimum absolute atomic E-state index is 0.0245. The summed E-state index contributed by atoms with van der Waals surface area (Å²) >= 11 is 0. The maximum Gasteiger partial charge on any atom is 0.255 e. The zero-order chi connectivity index (χ0) is 15.7. The number of aryl methyl sites for hydroxylation is 1. The first-order valence-corrected chi connectivity index (χ1v) is 6.85. The van der Waals surface area contributed by atoms with Crippen LogP contribution in [0.25, 0.3) is 0 Å². The van der Waals surface area contributed by atoms with Crippen LogP contribution < -0.4 is 0 Å². The highest BCUT2D eigenvalue weighted by atomic mass is 16.3. The summed E-state index contributed by atoms with van der Waals surface area (Å²) in [5.74, 6) is 5.41. The molecule has 0 aliphatic heterocycles. The van der Waals surface area contributed by atoms with Gasteiger partial charge in [-0.3, -0.25) is 4.79 Å². The predicted molar refractivity (Wildman–Crippen MR) is 79.8 cm³/mol. The van der Waals surface area contributed by atoms with Crippen LogP contribution >= 0.6 is 0 Å². The fourth-order valence-electron chi connectivity index (χ4n) is 1.88. The Labute approximate surface area is 124 Å². The van der Waals surface area contributed by atoms with Crippen molar-refractivity contribution in [3.8, 4) is 11.8 Å². The quantitative estimate of drug-likeness (QED) is 0.652. The van der Waals surface area contributed by atoms with E-state index in [1.807, 2.05) is 13.0 Å². The maximum absolute atomic E-state index is 12.5. The molecule has 1 aromatic rings. The second-order valence-electron chi connectivity index (χ2n) is 4.56. The van der Waals surface area contributed by atoms with Gasteiger partial charge in [-0.2, -0.15) is 0 Å². The molecule has 0 aliphatic rings. The van der Waals surface area contributed by atoms with Crippen LogP contribution in [0, 0.1) is 18.8 Å². The molecule has 0 aliphatic carbocycles. The van der Waals surface area contributed by atoms with Gasteiger partial charge >= 0.3 is 0 Å². The monoisotopic (exact) mass is 291 g/mol. The van der Waals surface area contributed by atoms with E-state index in [1.165, 1.54) is 4.90 Å². The van der Waals surface area contributed by atoms with Crippen LogP contribution in [0.5, 0.6) is 0 Å². The Hall–Kier alpha value is -1.87. The zero-order valence-electron chi connectivity index (χ0n) is 12.2. The van der Waals surface area contributed by atoms with Crippen molar-refractivity contribution in [2.24, 2.45) is 0 Å². The van der Waals surface area contributed by atoms with Gasteiger partial charge in [-0.25, -0.2) is 0 Å². The van der Waals surface area contributed by atoms with E-state index >= 15 is 0 Å². The van der Waals surface area contributed by atoms with Gasteiger partial charge in [0.1, 0.15) is 0 Å². The lowest BCUT2D eigenvalue weighted by molar-refractivity contribution is 0.0684. The molecule has 114 valence electrons. The van der Waals surface area contributed by atoms with E-state index in [1.54, 1.807) is 12.1 Å². The van der Waals surface area contributed by atoms with E-state index in [-0.39, 0.29) is 38.8 Å². The van der Waals surface area contributed by atoms with Crippen molar-refractivity contribution in [2.45, 2.75) is 13.3 Å². The van der Waals surface area contributed by atoms with Crippen LogP contribution in [-0.4, -0.2) is 59.0 Å². The molecule has 1 aromatic carbocycles. The van der Waals surface area contributed by atoms with E-state index in [2.05, 4.69) is 11.8 Å². The number of carbonyl (C=O) groups is 1. The van der Waals surface area contributed by atoms with Gasteiger partial charge in [0.25, 0.3) is 5.91 Å². The van der Waals surface area contributed by atoms with Gasteiger partial charge in [0.15, 0.2) is 0 Å². The van der Waals surface area contributed by atoms with E-state index in [4.69, 9.17) is 15.3 Å². The molecule has 5 nitrogen and oxygen atoms in total. The summed E-state index contributed by atoms with van der Waals surface area (Å²) in [6.45, 7) is 1.85. The van der Waals surface area contributed by atoms with Crippen LogP contribution in [0.15, 0.2) is 18.2 Å². The maximum atomic E-state index is 12.5. The summed E-state index contributed by atoms with van der Waals surface area (Å²) in [5, 5.41) is 26.8. The predicted octanol–water partition coefficient (Wildman–Crippen LogP) is 0.156. The SMILES string of the molecule is Cc1ccc(C#CCCO)c(C(=O)N(CCO)CCO)c1. The molecule has 0 unspecified atom stereocenters. The summed E-state index contributed by atoms with van der Waals surface area (Å²) in [5.41, 5.74) is 1.96. The van der Waals surface area contributed by atoms with Crippen molar-refractivity contribution in [1.29, 1.82) is 0 Å². The first kappa shape index (κ1) is 17.2. The lowest BCUT2D eigenvalue weighted by Gasteiger charge is -2.21. The number of amides is 1. The second kappa shape index (κ2) is 9.14. The number of nitrogens with zero attached hydrogens (tertiary/aromatic N) is 1. The number of hydrogen-bond acceptors (Lipinski definition) is 4. The number of carbonyl (C=O) groups excluding carboxylic acids is 1. The van der Waals surface area contributed by atoms with E-state index in [0.29, 0.717) is 17.5 Å². The summed E-state index contributed by atoms with van der Waals surface area (Å²) in [6, 6.07) is 5.37. The lowest BCUT2D eigenvalue weighted by atomic mass is 10.0. The van der Waals surface area contributed by atoms with E-state index in [9.17, 15) is 4.79 Å². The van der Waals surface area contributed by atoms with Crippen LogP contribution in [-0.2, 0) is 0 Å². The van der Waals surface area contributed by atoms with Crippen molar-refractivity contribution in [3.63, 3.8) is 0 Å². The third-order valence-electron chi connectivity index (χ3n) is 2.89. The first-order chi connectivity index (χ1) is 10.1. The molecule has 1 amide bonds. The molecular weight excluding hydrogens is 270 g/mol. The third kappa shape index (κ3) is 5.20. The van der Waals surface area contributed by atoms with Gasteiger partial charge in [0, 0.05) is 25.1 Å². The topological polar surface area (TPSA) is 81.0 Å². The molecule has 5 heteroatoms. The molecule has 0 radical (unpaired) electrons. The molecule has 0 aromatic heterocycles. The van der Waals surface area contributed by atoms with Gasteiger partial charge in [-0.1, -0.05) is 23.5 Å². The Morgan fingerprint density at radius 3 is 2.38 bits per heavy atom. The molecular formula is C16H21NO4. The van der Waals surface area contributed by atoms with Gasteiger partial charge in [0.2, 0.25) is 0 Å². The fourth-order valence-corrected chi connectivity index (χ4v) is 1.88. The van der Waals surface area contributed by atoms with Crippen LogP contribution in [0.1, 0.15) is 27.9 Å². The number of aliphatic hydroxyl groups excluding tert-OH is 3. The zero-order valence-corrected chi connectivity index (χ0v) is 12.2. The van der Waals surface area contributed by atoms with Crippen molar-refractivity contribution in [1.82, 2.24) is 4.90 Å². The lowest BCUT2D eigenvalue weighted by Crippen LogP contribution is -2.36. The number of hydrogen-bond donors (Lipinski definition) is 3. The molecule has 3 N–H and O–H groups in total. The van der Waals surface area contributed by atoms with Gasteiger partial charge in [-0.05, 0) is 19.1 Å². The Balaban J connectivity index is 3.11. The summed E-state index contributed by atoms with van der Waals surface area (Å²) in [6.07, 6.45) is 0.346. The van der Waals surface area contributed by atoms with Gasteiger partial charge in [-0.15, -0.1) is 0 Å². The largest absolute Gasteiger partial charge is 0.395 e. The Kier molecular flexibility index (Phi) is 7.48. The molecule has 0 bridgehead atoms. The summed E-state index contributed by atoms with van der Waals surface area (Å²) < 4.78 is 0. The minimum atomic E-state index is -0.268. The van der Waals surface area contributed by atoms with Crippen molar-refractivity contribution < 1.29 is 20.1 Å². The second-order valence-corrected chi connectivity index (χ2v) is 4.56. The average molecular weight is 291 g/mol. The highest BCUT2D eigenvalue weighted by Gasteiger charge is 2.17. The van der Waals surface area contributed by atoms with Crippen LogP contribution in [0.2, 0.25) is 0 Å². The normalized spacial score (nSPS) is 9.90.